The Morgan fingerprint density at radius 3 is 2.56 bits per heavy atom. The second-order valence-corrected chi connectivity index (χ2v) is 5.86. The molecular formula is C14H23N3O. The minimum Gasteiger partial charge on any atom is -0.339 e. The summed E-state index contributed by atoms with van der Waals surface area (Å²) in [5, 5.41) is 4.22. The van der Waals surface area contributed by atoms with Crippen molar-refractivity contribution in [1.82, 2.24) is 10.1 Å². The first-order valence-corrected chi connectivity index (χ1v) is 7.42. The third kappa shape index (κ3) is 2.30. The van der Waals surface area contributed by atoms with Gasteiger partial charge in [0.1, 0.15) is 0 Å². The highest BCUT2D eigenvalue weighted by Crippen LogP contribution is 2.38. The molecular weight excluding hydrogens is 226 g/mol. The predicted octanol–water partition coefficient (Wildman–Crippen LogP) is 2.96. The molecule has 4 heteroatoms. The van der Waals surface area contributed by atoms with Crippen molar-refractivity contribution in [1.29, 1.82) is 0 Å². The number of nitrogens with two attached hydrogens (primary N) is 1. The van der Waals surface area contributed by atoms with Gasteiger partial charge in [-0.2, -0.15) is 4.98 Å². The molecule has 2 N–H and O–H groups in total. The number of hydrogen-bond donors (Lipinski definition) is 1. The average molecular weight is 249 g/mol. The lowest BCUT2D eigenvalue weighted by Crippen LogP contribution is -2.25. The van der Waals surface area contributed by atoms with E-state index in [4.69, 9.17) is 10.3 Å². The van der Waals surface area contributed by atoms with E-state index >= 15 is 0 Å². The third-order valence-electron chi connectivity index (χ3n) is 4.71. The molecule has 1 heterocycles. The highest BCUT2D eigenvalue weighted by atomic mass is 16.5. The maximum atomic E-state index is 5.87. The zero-order valence-electron chi connectivity index (χ0n) is 11.0. The van der Waals surface area contributed by atoms with Crippen LogP contribution in [0, 0.1) is 5.92 Å². The Hall–Kier alpha value is -0.900. The van der Waals surface area contributed by atoms with Crippen LogP contribution in [-0.2, 0) is 0 Å². The van der Waals surface area contributed by atoms with Crippen molar-refractivity contribution >= 4 is 0 Å². The van der Waals surface area contributed by atoms with Gasteiger partial charge in [-0.25, -0.2) is 0 Å². The van der Waals surface area contributed by atoms with Crippen molar-refractivity contribution in [2.24, 2.45) is 11.7 Å². The van der Waals surface area contributed by atoms with Gasteiger partial charge in [-0.1, -0.05) is 30.8 Å². The summed E-state index contributed by atoms with van der Waals surface area (Å²) in [5.41, 5.74) is 5.87. The smallest absolute Gasteiger partial charge is 0.230 e. The molecule has 2 fully saturated rings. The van der Waals surface area contributed by atoms with Gasteiger partial charge in [0, 0.05) is 11.8 Å². The second-order valence-electron chi connectivity index (χ2n) is 5.86. The summed E-state index contributed by atoms with van der Waals surface area (Å²) in [6.07, 6.45) is 10.0. The van der Waals surface area contributed by atoms with E-state index in [1.807, 2.05) is 0 Å². The van der Waals surface area contributed by atoms with Crippen LogP contribution >= 0.6 is 0 Å². The average Bonchev–Trinajstić information content (AvgIpc) is 3.09. The first-order valence-electron chi connectivity index (χ1n) is 7.42. The van der Waals surface area contributed by atoms with E-state index in [0.29, 0.717) is 17.8 Å². The summed E-state index contributed by atoms with van der Waals surface area (Å²) in [6, 6.07) is 0. The SMILES string of the molecule is NCC1CCCCC1c1nc(C2CCCC2)no1. The topological polar surface area (TPSA) is 64.9 Å². The quantitative estimate of drug-likeness (QED) is 0.894. The van der Waals surface area contributed by atoms with E-state index in [2.05, 4.69) is 10.1 Å². The van der Waals surface area contributed by atoms with Crippen molar-refractivity contribution in [3.05, 3.63) is 11.7 Å². The van der Waals surface area contributed by atoms with Gasteiger partial charge in [0.05, 0.1) is 0 Å². The summed E-state index contributed by atoms with van der Waals surface area (Å²) in [4.78, 5) is 4.68. The first-order chi connectivity index (χ1) is 8.88. The second kappa shape index (κ2) is 5.39. The molecule has 0 aliphatic heterocycles. The molecule has 1 aromatic heterocycles. The Kier molecular flexibility index (Phi) is 3.64. The van der Waals surface area contributed by atoms with Crippen LogP contribution in [0.5, 0.6) is 0 Å². The molecule has 100 valence electrons. The lowest BCUT2D eigenvalue weighted by molar-refractivity contribution is 0.248. The van der Waals surface area contributed by atoms with Gasteiger partial charge in [0.15, 0.2) is 5.82 Å². The molecule has 2 aliphatic carbocycles. The molecule has 4 nitrogen and oxygen atoms in total. The Morgan fingerprint density at radius 1 is 1.06 bits per heavy atom. The third-order valence-corrected chi connectivity index (χ3v) is 4.71. The van der Waals surface area contributed by atoms with Gasteiger partial charge in [0.2, 0.25) is 5.89 Å². The van der Waals surface area contributed by atoms with Gasteiger partial charge >= 0.3 is 0 Å². The Morgan fingerprint density at radius 2 is 1.78 bits per heavy atom. The van der Waals surface area contributed by atoms with E-state index < -0.39 is 0 Å². The number of nitrogens with zero attached hydrogens (tertiary/aromatic N) is 2. The van der Waals surface area contributed by atoms with Crippen LogP contribution < -0.4 is 5.73 Å². The summed E-state index contributed by atoms with van der Waals surface area (Å²) < 4.78 is 5.53. The van der Waals surface area contributed by atoms with Gasteiger partial charge in [-0.3, -0.25) is 0 Å². The van der Waals surface area contributed by atoms with E-state index in [0.717, 1.165) is 24.7 Å². The van der Waals surface area contributed by atoms with Crippen LogP contribution in [0.4, 0.5) is 0 Å². The monoisotopic (exact) mass is 249 g/mol. The Labute approximate surface area is 108 Å². The zero-order chi connectivity index (χ0) is 12.4. The van der Waals surface area contributed by atoms with Gasteiger partial charge < -0.3 is 10.3 Å². The zero-order valence-corrected chi connectivity index (χ0v) is 11.0. The first kappa shape index (κ1) is 12.2. The molecule has 0 spiro atoms. The van der Waals surface area contributed by atoms with Gasteiger partial charge in [0.25, 0.3) is 0 Å². The van der Waals surface area contributed by atoms with Gasteiger partial charge in [-0.15, -0.1) is 0 Å². The largest absolute Gasteiger partial charge is 0.339 e. The predicted molar refractivity (Wildman–Crippen MR) is 69.3 cm³/mol. The number of rotatable bonds is 3. The van der Waals surface area contributed by atoms with Crippen molar-refractivity contribution in [3.63, 3.8) is 0 Å². The fourth-order valence-electron chi connectivity index (χ4n) is 3.56. The Balaban J connectivity index is 1.74. The molecule has 18 heavy (non-hydrogen) atoms. The van der Waals surface area contributed by atoms with Crippen molar-refractivity contribution in [2.75, 3.05) is 6.54 Å². The molecule has 0 radical (unpaired) electrons. The van der Waals surface area contributed by atoms with Crippen molar-refractivity contribution < 1.29 is 4.52 Å². The normalized spacial score (nSPS) is 29.8. The van der Waals surface area contributed by atoms with Crippen molar-refractivity contribution in [3.8, 4) is 0 Å². The molecule has 0 amide bonds. The summed E-state index contributed by atoms with van der Waals surface area (Å²) in [5.74, 6) is 3.29. The van der Waals surface area contributed by atoms with E-state index in [1.54, 1.807) is 0 Å². The molecule has 2 unspecified atom stereocenters. The van der Waals surface area contributed by atoms with E-state index in [9.17, 15) is 0 Å². The molecule has 2 saturated carbocycles. The van der Waals surface area contributed by atoms with Gasteiger partial charge in [-0.05, 0) is 38.1 Å². The van der Waals surface area contributed by atoms with Crippen LogP contribution in [0.25, 0.3) is 0 Å². The lowest BCUT2D eigenvalue weighted by Gasteiger charge is -2.27. The minimum atomic E-state index is 0.409. The van der Waals surface area contributed by atoms with Crippen LogP contribution in [0.2, 0.25) is 0 Å². The maximum Gasteiger partial charge on any atom is 0.230 e. The summed E-state index contributed by atoms with van der Waals surface area (Å²) in [6.45, 7) is 0.742. The highest BCUT2D eigenvalue weighted by Gasteiger charge is 2.31. The van der Waals surface area contributed by atoms with Crippen LogP contribution in [0.15, 0.2) is 4.52 Å². The minimum absolute atomic E-state index is 0.409. The number of aromatic nitrogens is 2. The molecule has 0 bridgehead atoms. The molecule has 2 aliphatic rings. The maximum absolute atomic E-state index is 5.87. The molecule has 1 aromatic rings. The molecule has 0 aromatic carbocycles. The molecule has 3 rings (SSSR count). The lowest BCUT2D eigenvalue weighted by atomic mass is 9.79. The van der Waals surface area contributed by atoms with Crippen LogP contribution in [0.1, 0.15) is 74.9 Å². The fourth-order valence-corrected chi connectivity index (χ4v) is 3.56. The standard InChI is InChI=1S/C14H23N3O/c15-9-11-7-3-4-8-12(11)14-16-13(17-18-14)10-5-1-2-6-10/h10-12H,1-9,15H2. The highest BCUT2D eigenvalue weighted by molar-refractivity contribution is 5.03. The van der Waals surface area contributed by atoms with E-state index in [-0.39, 0.29) is 0 Å². The van der Waals surface area contributed by atoms with Crippen molar-refractivity contribution in [2.45, 2.75) is 63.2 Å². The van der Waals surface area contributed by atoms with Crippen LogP contribution in [0.3, 0.4) is 0 Å². The summed E-state index contributed by atoms with van der Waals surface area (Å²) >= 11 is 0. The van der Waals surface area contributed by atoms with Crippen LogP contribution in [-0.4, -0.2) is 16.7 Å². The Bertz CT molecular complexity index is 384. The molecule has 2 atom stereocenters. The number of hydrogen-bond acceptors (Lipinski definition) is 4. The van der Waals surface area contributed by atoms with E-state index in [1.165, 1.54) is 44.9 Å². The molecule has 0 saturated heterocycles. The fraction of sp³-hybridized carbons (Fsp3) is 0.857. The summed E-state index contributed by atoms with van der Waals surface area (Å²) in [7, 11) is 0.